The van der Waals surface area contributed by atoms with E-state index in [0.29, 0.717) is 6.54 Å². The first-order chi connectivity index (χ1) is 12.1. The summed E-state index contributed by atoms with van der Waals surface area (Å²) in [6.45, 7) is 2.49. The van der Waals surface area contributed by atoms with E-state index in [1.54, 1.807) is 34.2 Å². The molecule has 6 heteroatoms. The van der Waals surface area contributed by atoms with Gasteiger partial charge in [0.25, 0.3) is 5.91 Å². The molecule has 1 aromatic carbocycles. The lowest BCUT2D eigenvalue weighted by Crippen LogP contribution is -2.27. The quantitative estimate of drug-likeness (QED) is 0.604. The molecule has 128 valence electrons. The molecule has 0 radical (unpaired) electrons. The van der Waals surface area contributed by atoms with Crippen molar-refractivity contribution in [3.63, 3.8) is 0 Å². The Kier molecular flexibility index (Phi) is 5.83. The maximum absolute atomic E-state index is 12.9. The molecule has 0 atom stereocenters. The maximum atomic E-state index is 12.9. The second-order valence-corrected chi connectivity index (χ2v) is 7.70. The Morgan fingerprint density at radius 3 is 2.68 bits per heavy atom. The molecule has 25 heavy (non-hydrogen) atoms. The van der Waals surface area contributed by atoms with Crippen LogP contribution in [0.5, 0.6) is 0 Å². The zero-order valence-corrected chi connectivity index (χ0v) is 15.8. The summed E-state index contributed by atoms with van der Waals surface area (Å²) in [5.41, 5.74) is 2.65. The minimum atomic E-state index is 0.00297. The Balaban J connectivity index is 1.71. The Bertz CT molecular complexity index is 849. The third-order valence-electron chi connectivity index (χ3n) is 3.63. The van der Waals surface area contributed by atoms with Crippen LogP contribution in [-0.2, 0) is 12.3 Å². The van der Waals surface area contributed by atoms with Crippen LogP contribution in [0.1, 0.15) is 26.8 Å². The van der Waals surface area contributed by atoms with Gasteiger partial charge in [0.1, 0.15) is 0 Å². The standard InChI is InChI=1S/C19H19N3OS2/c1-14-21-16(12-24-14)13-25-18-9-4-3-8-17(18)19(23)22(2)11-15-7-5-6-10-20-15/h3-10,12H,11,13H2,1-2H3. The highest BCUT2D eigenvalue weighted by Gasteiger charge is 2.16. The Labute approximate surface area is 155 Å². The number of rotatable bonds is 6. The van der Waals surface area contributed by atoms with E-state index in [0.717, 1.165) is 32.6 Å². The van der Waals surface area contributed by atoms with Crippen LogP contribution in [0, 0.1) is 6.92 Å². The van der Waals surface area contributed by atoms with Crippen molar-refractivity contribution in [1.82, 2.24) is 14.9 Å². The van der Waals surface area contributed by atoms with Gasteiger partial charge in [0.2, 0.25) is 0 Å². The minimum absolute atomic E-state index is 0.00297. The van der Waals surface area contributed by atoms with Crippen LogP contribution in [0.4, 0.5) is 0 Å². The van der Waals surface area contributed by atoms with Crippen molar-refractivity contribution in [2.45, 2.75) is 24.1 Å². The van der Waals surface area contributed by atoms with E-state index in [4.69, 9.17) is 0 Å². The lowest BCUT2D eigenvalue weighted by Gasteiger charge is -2.18. The monoisotopic (exact) mass is 369 g/mol. The summed E-state index contributed by atoms with van der Waals surface area (Å²) in [7, 11) is 1.81. The molecule has 2 heterocycles. The number of carbonyl (C=O) groups excluding carboxylic acids is 1. The van der Waals surface area contributed by atoms with E-state index in [-0.39, 0.29) is 5.91 Å². The predicted molar refractivity (Wildman–Crippen MR) is 103 cm³/mol. The summed E-state index contributed by atoms with van der Waals surface area (Å²) < 4.78 is 0. The van der Waals surface area contributed by atoms with Gasteiger partial charge in [-0.05, 0) is 31.2 Å². The molecule has 0 spiro atoms. The third-order valence-corrected chi connectivity index (χ3v) is 5.56. The number of aromatic nitrogens is 2. The predicted octanol–water partition coefficient (Wildman–Crippen LogP) is 4.41. The summed E-state index contributed by atoms with van der Waals surface area (Å²) in [4.78, 5) is 24.3. The molecule has 3 aromatic rings. The van der Waals surface area contributed by atoms with Gasteiger partial charge in [-0.3, -0.25) is 9.78 Å². The van der Waals surface area contributed by atoms with Crippen LogP contribution in [0.3, 0.4) is 0 Å². The van der Waals surface area contributed by atoms with E-state index in [2.05, 4.69) is 15.3 Å². The highest BCUT2D eigenvalue weighted by atomic mass is 32.2. The molecule has 0 aliphatic rings. The van der Waals surface area contributed by atoms with Crippen LogP contribution < -0.4 is 0 Å². The largest absolute Gasteiger partial charge is 0.336 e. The van der Waals surface area contributed by atoms with Gasteiger partial charge in [-0.1, -0.05) is 18.2 Å². The molecular formula is C19H19N3OS2. The minimum Gasteiger partial charge on any atom is -0.336 e. The normalized spacial score (nSPS) is 10.6. The van der Waals surface area contributed by atoms with Gasteiger partial charge in [0.05, 0.1) is 28.5 Å². The zero-order chi connectivity index (χ0) is 17.6. The first kappa shape index (κ1) is 17.6. The first-order valence-corrected chi connectivity index (χ1v) is 9.78. The molecule has 3 rings (SSSR count). The second-order valence-electron chi connectivity index (χ2n) is 5.62. The maximum Gasteiger partial charge on any atom is 0.255 e. The molecule has 1 amide bonds. The van der Waals surface area contributed by atoms with Crippen LogP contribution in [0.15, 0.2) is 58.9 Å². The van der Waals surface area contributed by atoms with Crippen molar-refractivity contribution in [3.8, 4) is 0 Å². The lowest BCUT2D eigenvalue weighted by atomic mass is 10.2. The third kappa shape index (κ3) is 4.67. The van der Waals surface area contributed by atoms with Crippen LogP contribution in [0.2, 0.25) is 0 Å². The number of benzene rings is 1. The van der Waals surface area contributed by atoms with Crippen molar-refractivity contribution in [2.75, 3.05) is 7.05 Å². The molecule has 0 saturated heterocycles. The number of hydrogen-bond acceptors (Lipinski definition) is 5. The Morgan fingerprint density at radius 1 is 1.16 bits per heavy atom. The summed E-state index contributed by atoms with van der Waals surface area (Å²) >= 11 is 3.30. The number of carbonyl (C=O) groups is 1. The molecule has 4 nitrogen and oxygen atoms in total. The summed E-state index contributed by atoms with van der Waals surface area (Å²) in [6, 6.07) is 13.5. The van der Waals surface area contributed by atoms with Gasteiger partial charge >= 0.3 is 0 Å². The highest BCUT2D eigenvalue weighted by Crippen LogP contribution is 2.27. The van der Waals surface area contributed by atoms with E-state index in [1.807, 2.05) is 56.4 Å². The number of pyridine rings is 1. The molecular weight excluding hydrogens is 350 g/mol. The molecule has 0 N–H and O–H groups in total. The van der Waals surface area contributed by atoms with E-state index in [1.165, 1.54) is 0 Å². The molecule has 2 aromatic heterocycles. The van der Waals surface area contributed by atoms with E-state index < -0.39 is 0 Å². The van der Waals surface area contributed by atoms with Gasteiger partial charge in [0, 0.05) is 29.3 Å². The Morgan fingerprint density at radius 2 is 1.96 bits per heavy atom. The topological polar surface area (TPSA) is 46.1 Å². The van der Waals surface area contributed by atoms with Gasteiger partial charge < -0.3 is 4.90 Å². The molecule has 0 aliphatic heterocycles. The van der Waals surface area contributed by atoms with E-state index >= 15 is 0 Å². The average Bonchev–Trinajstić information content (AvgIpc) is 3.06. The van der Waals surface area contributed by atoms with Gasteiger partial charge in [0.15, 0.2) is 0 Å². The number of hydrogen-bond donors (Lipinski definition) is 0. The molecule has 0 aliphatic carbocycles. The fraction of sp³-hybridized carbons (Fsp3) is 0.211. The van der Waals surface area contributed by atoms with Crippen LogP contribution >= 0.6 is 23.1 Å². The van der Waals surface area contributed by atoms with Crippen molar-refractivity contribution in [2.24, 2.45) is 0 Å². The van der Waals surface area contributed by atoms with Gasteiger partial charge in [-0.2, -0.15) is 0 Å². The van der Waals surface area contributed by atoms with Gasteiger partial charge in [-0.15, -0.1) is 23.1 Å². The van der Waals surface area contributed by atoms with Crippen molar-refractivity contribution < 1.29 is 4.79 Å². The summed E-state index contributed by atoms with van der Waals surface area (Å²) in [5.74, 6) is 0.765. The lowest BCUT2D eigenvalue weighted by molar-refractivity contribution is 0.0780. The molecule has 0 unspecified atom stereocenters. The fourth-order valence-electron chi connectivity index (χ4n) is 2.41. The number of thiazole rings is 1. The SMILES string of the molecule is Cc1nc(CSc2ccccc2C(=O)N(C)Cc2ccccn2)cs1. The summed E-state index contributed by atoms with van der Waals surface area (Å²) in [5, 5.41) is 3.13. The first-order valence-electron chi connectivity index (χ1n) is 7.91. The molecule has 0 bridgehead atoms. The molecule has 0 fully saturated rings. The van der Waals surface area contributed by atoms with Crippen molar-refractivity contribution >= 4 is 29.0 Å². The fourth-order valence-corrected chi connectivity index (χ4v) is 4.06. The van der Waals surface area contributed by atoms with Crippen molar-refractivity contribution in [3.05, 3.63) is 76.0 Å². The number of aryl methyl sites for hydroxylation is 1. The number of nitrogens with zero attached hydrogens (tertiary/aromatic N) is 3. The average molecular weight is 370 g/mol. The number of thioether (sulfide) groups is 1. The van der Waals surface area contributed by atoms with Gasteiger partial charge in [-0.25, -0.2) is 4.98 Å². The zero-order valence-electron chi connectivity index (χ0n) is 14.2. The Hall–Kier alpha value is -2.18. The highest BCUT2D eigenvalue weighted by molar-refractivity contribution is 7.98. The summed E-state index contributed by atoms with van der Waals surface area (Å²) in [6.07, 6.45) is 1.74. The second kappa shape index (κ2) is 8.27. The van der Waals surface area contributed by atoms with Crippen LogP contribution in [-0.4, -0.2) is 27.8 Å². The molecule has 0 saturated carbocycles. The van der Waals surface area contributed by atoms with Crippen molar-refractivity contribution in [1.29, 1.82) is 0 Å². The smallest absolute Gasteiger partial charge is 0.255 e. The number of amides is 1. The van der Waals surface area contributed by atoms with Crippen LogP contribution in [0.25, 0.3) is 0 Å². The van der Waals surface area contributed by atoms with E-state index in [9.17, 15) is 4.79 Å².